The number of thiophene rings is 1. The van der Waals surface area contributed by atoms with Crippen LogP contribution in [0, 0.1) is 20.8 Å². The van der Waals surface area contributed by atoms with E-state index < -0.39 is 0 Å². The Morgan fingerprint density at radius 2 is 1.89 bits per heavy atom. The van der Waals surface area contributed by atoms with Crippen molar-refractivity contribution in [2.24, 2.45) is 0 Å². The number of Topliss-reactive ketones (excluding diaryl/α,β-unsaturated/α-hetero) is 1. The second-order valence-corrected chi connectivity index (χ2v) is 8.30. The largest absolute Gasteiger partial charge is 0.360 e. The lowest BCUT2D eigenvalue weighted by Gasteiger charge is -2.34. The maximum absolute atomic E-state index is 13.0. The number of ketones is 1. The van der Waals surface area contributed by atoms with Crippen molar-refractivity contribution < 1.29 is 9.32 Å². The van der Waals surface area contributed by atoms with Crippen LogP contribution in [0.4, 0.5) is 0 Å². The van der Waals surface area contributed by atoms with Gasteiger partial charge in [0.05, 0.1) is 6.54 Å². The molecule has 1 fully saturated rings. The van der Waals surface area contributed by atoms with Gasteiger partial charge in [0.1, 0.15) is 5.76 Å². The van der Waals surface area contributed by atoms with Gasteiger partial charge in [0, 0.05) is 55.7 Å². The molecule has 0 atom stereocenters. The molecular weight excluding hydrogens is 372 g/mol. The smallest absolute Gasteiger partial charge is 0.180 e. The Bertz CT molecular complexity index is 949. The highest BCUT2D eigenvalue weighted by Gasteiger charge is 2.23. The van der Waals surface area contributed by atoms with Gasteiger partial charge in [0.25, 0.3) is 0 Å². The van der Waals surface area contributed by atoms with E-state index in [-0.39, 0.29) is 5.78 Å². The van der Waals surface area contributed by atoms with Crippen LogP contribution < -0.4 is 0 Å². The average molecular weight is 399 g/mol. The summed E-state index contributed by atoms with van der Waals surface area (Å²) >= 11 is 1.74. The van der Waals surface area contributed by atoms with E-state index in [1.165, 1.54) is 5.56 Å². The zero-order valence-electron chi connectivity index (χ0n) is 16.6. The molecule has 4 heterocycles. The van der Waals surface area contributed by atoms with E-state index in [1.54, 1.807) is 11.3 Å². The minimum atomic E-state index is 0.172. The summed E-state index contributed by atoms with van der Waals surface area (Å²) in [7, 11) is 0. The van der Waals surface area contributed by atoms with Crippen molar-refractivity contribution in [1.82, 2.24) is 19.5 Å². The molecule has 0 aliphatic carbocycles. The van der Waals surface area contributed by atoms with Gasteiger partial charge in [-0.25, -0.2) is 0 Å². The second kappa shape index (κ2) is 8.03. The molecule has 0 saturated carbocycles. The van der Waals surface area contributed by atoms with Gasteiger partial charge in [-0.2, -0.15) is 11.3 Å². The standard InChI is InChI=1S/C21H26N4O2S/c1-15-10-19(17(3)25(15)21-11-16(2)27-22-21)20(26)13-24-7-5-23(6-8-24)12-18-4-9-28-14-18/h4,9-11,14H,5-8,12-13H2,1-3H3. The van der Waals surface area contributed by atoms with Crippen LogP contribution in [0.25, 0.3) is 5.82 Å². The summed E-state index contributed by atoms with van der Waals surface area (Å²) in [5.41, 5.74) is 4.07. The van der Waals surface area contributed by atoms with Gasteiger partial charge in [0.15, 0.2) is 11.6 Å². The van der Waals surface area contributed by atoms with Crippen molar-refractivity contribution in [3.05, 3.63) is 57.2 Å². The van der Waals surface area contributed by atoms with Gasteiger partial charge in [-0.05, 0) is 49.2 Å². The third-order valence-corrected chi connectivity index (χ3v) is 6.13. The van der Waals surface area contributed by atoms with Crippen molar-refractivity contribution in [3.8, 4) is 5.82 Å². The number of carbonyl (C=O) groups is 1. The monoisotopic (exact) mass is 398 g/mol. The molecule has 3 aromatic rings. The SMILES string of the molecule is Cc1cc(-n2c(C)cc(C(=O)CN3CCN(Cc4ccsc4)CC3)c2C)no1. The van der Waals surface area contributed by atoms with Crippen LogP contribution in [-0.2, 0) is 6.54 Å². The third-order valence-electron chi connectivity index (χ3n) is 5.39. The van der Waals surface area contributed by atoms with Crippen molar-refractivity contribution in [2.45, 2.75) is 27.3 Å². The lowest BCUT2D eigenvalue weighted by molar-refractivity contribution is 0.0843. The minimum Gasteiger partial charge on any atom is -0.360 e. The highest BCUT2D eigenvalue weighted by atomic mass is 32.1. The van der Waals surface area contributed by atoms with Crippen LogP contribution in [0.3, 0.4) is 0 Å². The summed E-state index contributed by atoms with van der Waals surface area (Å²) in [5.74, 6) is 1.66. The van der Waals surface area contributed by atoms with E-state index in [9.17, 15) is 4.79 Å². The number of carbonyl (C=O) groups excluding carboxylic acids is 1. The number of hydrogen-bond acceptors (Lipinski definition) is 6. The lowest BCUT2D eigenvalue weighted by Crippen LogP contribution is -2.47. The number of aryl methyl sites for hydroxylation is 2. The fourth-order valence-electron chi connectivity index (χ4n) is 3.89. The van der Waals surface area contributed by atoms with Crippen LogP contribution in [0.1, 0.15) is 33.1 Å². The molecule has 1 aliphatic rings. The van der Waals surface area contributed by atoms with E-state index in [2.05, 4.69) is 31.8 Å². The molecule has 1 saturated heterocycles. The summed E-state index contributed by atoms with van der Waals surface area (Å²) in [6.07, 6.45) is 0. The van der Waals surface area contributed by atoms with Crippen LogP contribution in [-0.4, -0.2) is 58.0 Å². The number of nitrogens with zero attached hydrogens (tertiary/aromatic N) is 4. The number of aromatic nitrogens is 2. The minimum absolute atomic E-state index is 0.172. The predicted octanol–water partition coefficient (Wildman–Crippen LogP) is 3.45. The molecule has 3 aromatic heterocycles. The topological polar surface area (TPSA) is 54.5 Å². The van der Waals surface area contributed by atoms with Crippen molar-refractivity contribution in [2.75, 3.05) is 32.7 Å². The molecule has 0 amide bonds. The lowest BCUT2D eigenvalue weighted by atomic mass is 10.1. The van der Waals surface area contributed by atoms with Crippen LogP contribution in [0.5, 0.6) is 0 Å². The quantitative estimate of drug-likeness (QED) is 0.595. The molecule has 0 bridgehead atoms. The van der Waals surface area contributed by atoms with E-state index in [4.69, 9.17) is 4.52 Å². The van der Waals surface area contributed by atoms with Crippen LogP contribution >= 0.6 is 11.3 Å². The van der Waals surface area contributed by atoms with E-state index in [0.29, 0.717) is 6.54 Å². The first-order chi connectivity index (χ1) is 13.5. The Hall–Kier alpha value is -2.22. The van der Waals surface area contributed by atoms with E-state index in [0.717, 1.165) is 61.3 Å². The molecule has 1 aliphatic heterocycles. The highest BCUT2D eigenvalue weighted by molar-refractivity contribution is 7.07. The van der Waals surface area contributed by atoms with Gasteiger partial charge in [-0.15, -0.1) is 0 Å². The average Bonchev–Trinajstić information content (AvgIpc) is 3.38. The van der Waals surface area contributed by atoms with Crippen molar-refractivity contribution in [1.29, 1.82) is 0 Å². The van der Waals surface area contributed by atoms with Gasteiger partial charge in [-0.3, -0.25) is 19.2 Å². The second-order valence-electron chi connectivity index (χ2n) is 7.52. The predicted molar refractivity (Wildman–Crippen MR) is 110 cm³/mol. The van der Waals surface area contributed by atoms with Crippen LogP contribution in [0.15, 0.2) is 33.5 Å². The Morgan fingerprint density at radius 1 is 1.14 bits per heavy atom. The Balaban J connectivity index is 1.38. The zero-order chi connectivity index (χ0) is 19.7. The molecule has 4 rings (SSSR count). The molecule has 0 unspecified atom stereocenters. The maximum Gasteiger partial charge on any atom is 0.180 e. The van der Waals surface area contributed by atoms with E-state index >= 15 is 0 Å². The van der Waals surface area contributed by atoms with Gasteiger partial charge < -0.3 is 4.52 Å². The Kier molecular flexibility index (Phi) is 5.48. The van der Waals surface area contributed by atoms with E-state index in [1.807, 2.05) is 37.5 Å². The summed E-state index contributed by atoms with van der Waals surface area (Å²) < 4.78 is 7.19. The summed E-state index contributed by atoms with van der Waals surface area (Å²) in [6.45, 7) is 11.2. The molecule has 0 N–H and O–H groups in total. The molecule has 0 radical (unpaired) electrons. The molecule has 6 nitrogen and oxygen atoms in total. The first kappa shape index (κ1) is 19.1. The zero-order valence-corrected chi connectivity index (χ0v) is 17.5. The van der Waals surface area contributed by atoms with Gasteiger partial charge in [0.2, 0.25) is 0 Å². The summed E-state index contributed by atoms with van der Waals surface area (Å²) in [6, 6.07) is 6.04. The third kappa shape index (κ3) is 3.97. The molecular formula is C21H26N4O2S. The fraction of sp³-hybridized carbons (Fsp3) is 0.429. The molecule has 28 heavy (non-hydrogen) atoms. The molecule has 148 valence electrons. The first-order valence-electron chi connectivity index (χ1n) is 9.63. The van der Waals surface area contributed by atoms with Crippen molar-refractivity contribution in [3.63, 3.8) is 0 Å². The van der Waals surface area contributed by atoms with Gasteiger partial charge in [-0.1, -0.05) is 5.16 Å². The fourth-order valence-corrected chi connectivity index (χ4v) is 4.55. The summed E-state index contributed by atoms with van der Waals surface area (Å²) in [4.78, 5) is 17.7. The normalized spacial score (nSPS) is 16.0. The van der Waals surface area contributed by atoms with Gasteiger partial charge >= 0.3 is 0 Å². The number of piperazine rings is 1. The van der Waals surface area contributed by atoms with Crippen LogP contribution in [0.2, 0.25) is 0 Å². The maximum atomic E-state index is 13.0. The Morgan fingerprint density at radius 3 is 2.54 bits per heavy atom. The summed E-state index contributed by atoms with van der Waals surface area (Å²) in [5, 5.41) is 8.43. The number of hydrogen-bond donors (Lipinski definition) is 0. The number of rotatable bonds is 6. The Labute approximate surface area is 169 Å². The first-order valence-corrected chi connectivity index (χ1v) is 10.6. The molecule has 0 spiro atoms. The highest BCUT2D eigenvalue weighted by Crippen LogP contribution is 2.21. The molecule has 0 aromatic carbocycles. The molecule has 7 heteroatoms. The van der Waals surface area contributed by atoms with Crippen molar-refractivity contribution >= 4 is 17.1 Å².